The van der Waals surface area contributed by atoms with Gasteiger partial charge < -0.3 is 10.1 Å². The van der Waals surface area contributed by atoms with Crippen molar-refractivity contribution in [1.82, 2.24) is 5.32 Å². The van der Waals surface area contributed by atoms with Crippen molar-refractivity contribution in [2.45, 2.75) is 26.0 Å². The first-order chi connectivity index (χ1) is 6.39. The molecular formula is C8H13NO4S. The number of alkyl carbamates (subject to hydrolysis) is 1. The van der Waals surface area contributed by atoms with E-state index in [9.17, 15) is 13.2 Å². The van der Waals surface area contributed by atoms with Crippen molar-refractivity contribution in [3.05, 3.63) is 11.5 Å². The highest BCUT2D eigenvalue weighted by Crippen LogP contribution is 2.07. The lowest BCUT2D eigenvalue weighted by molar-refractivity contribution is 0.114. The lowest BCUT2D eigenvalue weighted by Gasteiger charge is -2.12. The molecule has 6 heteroatoms. The van der Waals surface area contributed by atoms with E-state index in [1.807, 2.05) is 0 Å². The maximum absolute atomic E-state index is 11.1. The molecule has 1 aliphatic rings. The molecule has 1 heterocycles. The molecular weight excluding hydrogens is 206 g/mol. The number of nitrogens with one attached hydrogen (secondary N) is 1. The second-order valence-electron chi connectivity index (χ2n) is 3.36. The number of carbonyl (C=O) groups is 1. The predicted molar refractivity (Wildman–Crippen MR) is 51.5 cm³/mol. The molecule has 1 atom stereocenters. The van der Waals surface area contributed by atoms with Gasteiger partial charge in [0.05, 0.1) is 17.9 Å². The third-order valence-corrected chi connectivity index (χ3v) is 2.97. The highest BCUT2D eigenvalue weighted by molar-refractivity contribution is 7.94. The zero-order chi connectivity index (χ0) is 10.8. The van der Waals surface area contributed by atoms with E-state index >= 15 is 0 Å². The van der Waals surface area contributed by atoms with Crippen molar-refractivity contribution >= 4 is 15.9 Å². The summed E-state index contributed by atoms with van der Waals surface area (Å²) < 4.78 is 26.7. The van der Waals surface area contributed by atoms with Gasteiger partial charge >= 0.3 is 6.09 Å². The first-order valence-electron chi connectivity index (χ1n) is 4.27. The van der Waals surface area contributed by atoms with E-state index in [4.69, 9.17) is 4.74 Å². The molecule has 0 aromatic carbocycles. The Morgan fingerprint density at radius 3 is 2.64 bits per heavy atom. The SMILES string of the molecule is CC(C)OC(=O)NC1C=CS(=O)(=O)C1. The van der Waals surface area contributed by atoms with Gasteiger partial charge in [-0.25, -0.2) is 13.2 Å². The van der Waals surface area contributed by atoms with E-state index in [0.29, 0.717) is 0 Å². The molecule has 1 amide bonds. The summed E-state index contributed by atoms with van der Waals surface area (Å²) >= 11 is 0. The Labute approximate surface area is 83.0 Å². The van der Waals surface area contributed by atoms with Crippen molar-refractivity contribution in [2.75, 3.05) is 5.75 Å². The fourth-order valence-electron chi connectivity index (χ4n) is 1.07. The summed E-state index contributed by atoms with van der Waals surface area (Å²) in [7, 11) is -3.12. The summed E-state index contributed by atoms with van der Waals surface area (Å²) in [4.78, 5) is 11.1. The van der Waals surface area contributed by atoms with Crippen LogP contribution in [0.5, 0.6) is 0 Å². The first kappa shape index (κ1) is 11.0. The average molecular weight is 219 g/mol. The number of carbonyl (C=O) groups excluding carboxylic acids is 1. The highest BCUT2D eigenvalue weighted by Gasteiger charge is 2.23. The van der Waals surface area contributed by atoms with Crippen molar-refractivity contribution in [2.24, 2.45) is 0 Å². The van der Waals surface area contributed by atoms with Gasteiger partial charge in [0, 0.05) is 5.41 Å². The van der Waals surface area contributed by atoms with Crippen molar-refractivity contribution in [1.29, 1.82) is 0 Å². The van der Waals surface area contributed by atoms with Gasteiger partial charge in [-0.2, -0.15) is 0 Å². The predicted octanol–water partition coefficient (Wildman–Crippen LogP) is 0.432. The molecule has 0 radical (unpaired) electrons. The number of amides is 1. The van der Waals surface area contributed by atoms with E-state index in [0.717, 1.165) is 5.41 Å². The van der Waals surface area contributed by atoms with E-state index in [2.05, 4.69) is 5.32 Å². The maximum atomic E-state index is 11.1. The Balaban J connectivity index is 2.41. The summed E-state index contributed by atoms with van der Waals surface area (Å²) in [6.07, 6.45) is 0.639. The minimum Gasteiger partial charge on any atom is -0.447 e. The van der Waals surface area contributed by atoms with Gasteiger partial charge in [0.1, 0.15) is 0 Å². The lowest BCUT2D eigenvalue weighted by atomic mass is 10.3. The molecule has 1 N–H and O–H groups in total. The Morgan fingerprint density at radius 2 is 2.21 bits per heavy atom. The average Bonchev–Trinajstić information content (AvgIpc) is 2.27. The molecule has 0 fully saturated rings. The van der Waals surface area contributed by atoms with Gasteiger partial charge in [-0.05, 0) is 19.9 Å². The molecule has 5 nitrogen and oxygen atoms in total. The second kappa shape index (κ2) is 4.00. The quantitative estimate of drug-likeness (QED) is 0.731. The van der Waals surface area contributed by atoms with Gasteiger partial charge in [-0.15, -0.1) is 0 Å². The normalized spacial score (nSPS) is 23.8. The van der Waals surface area contributed by atoms with Gasteiger partial charge in [0.25, 0.3) is 0 Å². The van der Waals surface area contributed by atoms with Crippen molar-refractivity contribution in [3.63, 3.8) is 0 Å². The van der Waals surface area contributed by atoms with E-state index in [1.165, 1.54) is 6.08 Å². The van der Waals surface area contributed by atoms with Crippen LogP contribution in [0.25, 0.3) is 0 Å². The summed E-state index contributed by atoms with van der Waals surface area (Å²) in [5.74, 6) is -0.0831. The van der Waals surface area contributed by atoms with Crippen LogP contribution in [0, 0.1) is 0 Å². The molecule has 1 rings (SSSR count). The van der Waals surface area contributed by atoms with Crippen LogP contribution in [0.1, 0.15) is 13.8 Å². The fraction of sp³-hybridized carbons (Fsp3) is 0.625. The van der Waals surface area contributed by atoms with Crippen molar-refractivity contribution in [3.8, 4) is 0 Å². The van der Waals surface area contributed by atoms with Crippen LogP contribution in [-0.2, 0) is 14.6 Å². The molecule has 0 bridgehead atoms. The van der Waals surface area contributed by atoms with Gasteiger partial charge in [-0.3, -0.25) is 0 Å². The minimum absolute atomic E-state index is 0.0831. The Bertz CT molecular complexity index is 344. The second-order valence-corrected chi connectivity index (χ2v) is 5.29. The van der Waals surface area contributed by atoms with Crippen molar-refractivity contribution < 1.29 is 17.9 Å². The minimum atomic E-state index is -3.12. The van der Waals surface area contributed by atoms with Crippen LogP contribution in [0.15, 0.2) is 11.5 Å². The third kappa shape index (κ3) is 3.37. The van der Waals surface area contributed by atoms with E-state index in [1.54, 1.807) is 13.8 Å². The van der Waals surface area contributed by atoms with Crippen LogP contribution in [0.4, 0.5) is 4.79 Å². The summed E-state index contributed by atoms with van der Waals surface area (Å²) in [5.41, 5.74) is 0. The number of rotatable bonds is 2. The Hall–Kier alpha value is -1.04. The topological polar surface area (TPSA) is 72.5 Å². The smallest absolute Gasteiger partial charge is 0.407 e. The molecule has 0 saturated carbocycles. The molecule has 0 aromatic heterocycles. The summed E-state index contributed by atoms with van der Waals surface area (Å²) in [6, 6.07) is -0.466. The number of sulfone groups is 1. The van der Waals surface area contributed by atoms with E-state index < -0.39 is 22.0 Å². The van der Waals surface area contributed by atoms with Crippen LogP contribution >= 0.6 is 0 Å². The summed E-state index contributed by atoms with van der Waals surface area (Å²) in [6.45, 7) is 3.45. The zero-order valence-electron chi connectivity index (χ0n) is 8.06. The van der Waals surface area contributed by atoms with E-state index in [-0.39, 0.29) is 11.9 Å². The molecule has 0 spiro atoms. The number of hydrogen-bond donors (Lipinski definition) is 1. The Morgan fingerprint density at radius 1 is 1.57 bits per heavy atom. The highest BCUT2D eigenvalue weighted by atomic mass is 32.2. The Kier molecular flexibility index (Phi) is 3.15. The molecule has 0 aromatic rings. The standard InChI is InChI=1S/C8H13NO4S/c1-6(2)13-8(10)9-7-3-4-14(11,12)5-7/h3-4,6-7H,5H2,1-2H3,(H,9,10). The monoisotopic (exact) mass is 219 g/mol. The molecule has 1 aliphatic heterocycles. The molecule has 0 saturated heterocycles. The third-order valence-electron chi connectivity index (χ3n) is 1.58. The fourth-order valence-corrected chi connectivity index (χ4v) is 2.30. The maximum Gasteiger partial charge on any atom is 0.407 e. The number of ether oxygens (including phenoxy) is 1. The van der Waals surface area contributed by atoms with Gasteiger partial charge in [0.15, 0.2) is 9.84 Å². The van der Waals surface area contributed by atoms with Crippen LogP contribution in [0.3, 0.4) is 0 Å². The zero-order valence-corrected chi connectivity index (χ0v) is 8.87. The lowest BCUT2D eigenvalue weighted by Crippen LogP contribution is -2.36. The molecule has 14 heavy (non-hydrogen) atoms. The number of hydrogen-bond acceptors (Lipinski definition) is 4. The first-order valence-corrected chi connectivity index (χ1v) is 5.99. The van der Waals surface area contributed by atoms with Crippen LogP contribution < -0.4 is 5.32 Å². The van der Waals surface area contributed by atoms with Crippen LogP contribution in [0.2, 0.25) is 0 Å². The largest absolute Gasteiger partial charge is 0.447 e. The molecule has 1 unspecified atom stereocenters. The van der Waals surface area contributed by atoms with Gasteiger partial charge in [-0.1, -0.05) is 0 Å². The molecule has 0 aliphatic carbocycles. The van der Waals surface area contributed by atoms with Gasteiger partial charge in [0.2, 0.25) is 0 Å². The van der Waals surface area contributed by atoms with Crippen LogP contribution in [-0.4, -0.2) is 32.4 Å². The molecule has 80 valence electrons. The summed E-state index contributed by atoms with van der Waals surface area (Å²) in [5, 5.41) is 3.54.